The zero-order chi connectivity index (χ0) is 11.3. The minimum atomic E-state index is -0.433. The van der Waals surface area contributed by atoms with Crippen molar-refractivity contribution in [2.24, 2.45) is 11.5 Å². The summed E-state index contributed by atoms with van der Waals surface area (Å²) in [5.74, 6) is -0.514. The van der Waals surface area contributed by atoms with Crippen LogP contribution in [0.4, 0.5) is 0 Å². The van der Waals surface area contributed by atoms with E-state index in [-0.39, 0.29) is 12.3 Å². The molecule has 0 aromatic heterocycles. The molecule has 0 aromatic rings. The molecule has 1 unspecified atom stereocenters. The zero-order valence-corrected chi connectivity index (χ0v) is 8.65. The topological polar surface area (TPSA) is 98.7 Å². The summed E-state index contributed by atoms with van der Waals surface area (Å²) in [7, 11) is 0. The SMILES string of the molecule is NCCOCCC(=O)N1CCC1C(N)=O. The minimum absolute atomic E-state index is 0.0814. The van der Waals surface area contributed by atoms with Crippen LogP contribution in [0.1, 0.15) is 12.8 Å². The maximum Gasteiger partial charge on any atom is 0.240 e. The van der Waals surface area contributed by atoms with Gasteiger partial charge in [-0.1, -0.05) is 0 Å². The van der Waals surface area contributed by atoms with Gasteiger partial charge in [0.05, 0.1) is 19.6 Å². The summed E-state index contributed by atoms with van der Waals surface area (Å²) in [6.45, 7) is 1.86. The molecule has 1 saturated heterocycles. The second-order valence-electron chi connectivity index (χ2n) is 3.45. The van der Waals surface area contributed by atoms with Gasteiger partial charge in [0, 0.05) is 13.1 Å². The number of carbonyl (C=O) groups excluding carboxylic acids is 2. The Labute approximate surface area is 88.5 Å². The number of carbonyl (C=O) groups is 2. The molecule has 4 N–H and O–H groups in total. The van der Waals surface area contributed by atoms with E-state index in [0.717, 1.165) is 0 Å². The first-order valence-electron chi connectivity index (χ1n) is 5.03. The molecule has 15 heavy (non-hydrogen) atoms. The lowest BCUT2D eigenvalue weighted by Gasteiger charge is -2.38. The number of nitrogens with two attached hydrogens (primary N) is 2. The highest BCUT2D eigenvalue weighted by atomic mass is 16.5. The van der Waals surface area contributed by atoms with Gasteiger partial charge >= 0.3 is 0 Å². The van der Waals surface area contributed by atoms with Crippen molar-refractivity contribution in [1.29, 1.82) is 0 Å². The molecule has 1 aliphatic rings. The van der Waals surface area contributed by atoms with Crippen LogP contribution in [0.2, 0.25) is 0 Å². The van der Waals surface area contributed by atoms with E-state index in [1.165, 1.54) is 4.90 Å². The third kappa shape index (κ3) is 3.17. The standard InChI is InChI=1S/C9H17N3O3/c10-3-6-15-5-2-8(13)12-4-1-7(12)9(11)14/h7H,1-6,10H2,(H2,11,14). The van der Waals surface area contributed by atoms with Crippen molar-refractivity contribution >= 4 is 11.8 Å². The summed E-state index contributed by atoms with van der Waals surface area (Å²) in [4.78, 5) is 23.9. The highest BCUT2D eigenvalue weighted by Gasteiger charge is 2.35. The van der Waals surface area contributed by atoms with Gasteiger partial charge in [-0.3, -0.25) is 9.59 Å². The van der Waals surface area contributed by atoms with Crippen molar-refractivity contribution in [3.05, 3.63) is 0 Å². The van der Waals surface area contributed by atoms with Crippen LogP contribution in [-0.2, 0) is 14.3 Å². The van der Waals surface area contributed by atoms with Gasteiger partial charge in [-0.2, -0.15) is 0 Å². The second kappa shape index (κ2) is 5.67. The third-order valence-electron chi connectivity index (χ3n) is 2.39. The van der Waals surface area contributed by atoms with Crippen molar-refractivity contribution in [3.63, 3.8) is 0 Å². The Morgan fingerprint density at radius 2 is 2.13 bits per heavy atom. The summed E-state index contributed by atoms with van der Waals surface area (Å²) < 4.78 is 5.08. The Hall–Kier alpha value is -1.14. The summed E-state index contributed by atoms with van der Waals surface area (Å²) >= 11 is 0. The first-order chi connectivity index (χ1) is 7.16. The predicted molar refractivity (Wildman–Crippen MR) is 53.8 cm³/mol. The molecule has 86 valence electrons. The Morgan fingerprint density at radius 3 is 2.60 bits per heavy atom. The van der Waals surface area contributed by atoms with Crippen LogP contribution >= 0.6 is 0 Å². The smallest absolute Gasteiger partial charge is 0.240 e. The van der Waals surface area contributed by atoms with Crippen LogP contribution in [0.15, 0.2) is 0 Å². The molecular weight excluding hydrogens is 198 g/mol. The molecule has 1 rings (SSSR count). The van der Waals surface area contributed by atoms with Gasteiger partial charge in [-0.25, -0.2) is 0 Å². The van der Waals surface area contributed by atoms with Crippen LogP contribution in [0.25, 0.3) is 0 Å². The lowest BCUT2D eigenvalue weighted by Crippen LogP contribution is -2.57. The number of rotatable bonds is 6. The number of amides is 2. The average molecular weight is 215 g/mol. The van der Waals surface area contributed by atoms with E-state index in [1.54, 1.807) is 0 Å². The molecule has 0 spiro atoms. The average Bonchev–Trinajstić information content (AvgIpc) is 2.09. The number of primary amides is 1. The lowest BCUT2D eigenvalue weighted by atomic mass is 10.0. The van der Waals surface area contributed by atoms with E-state index < -0.39 is 11.9 Å². The molecule has 1 fully saturated rings. The number of likely N-dealkylation sites (tertiary alicyclic amines) is 1. The molecule has 2 amide bonds. The summed E-state index contributed by atoms with van der Waals surface area (Å²) in [5.41, 5.74) is 10.3. The van der Waals surface area contributed by atoms with Crippen LogP contribution < -0.4 is 11.5 Å². The Kier molecular flexibility index (Phi) is 4.51. The zero-order valence-electron chi connectivity index (χ0n) is 8.65. The van der Waals surface area contributed by atoms with Gasteiger partial charge in [0.2, 0.25) is 11.8 Å². The first kappa shape index (κ1) is 11.9. The normalized spacial score (nSPS) is 19.8. The second-order valence-corrected chi connectivity index (χ2v) is 3.45. The number of hydrogen-bond acceptors (Lipinski definition) is 4. The molecule has 6 nitrogen and oxygen atoms in total. The third-order valence-corrected chi connectivity index (χ3v) is 2.39. The molecular formula is C9H17N3O3. The summed E-state index contributed by atoms with van der Waals surface area (Å²) in [6.07, 6.45) is 0.953. The van der Waals surface area contributed by atoms with Crippen molar-refractivity contribution in [1.82, 2.24) is 4.90 Å². The predicted octanol–water partition coefficient (Wildman–Crippen LogP) is -1.56. The minimum Gasteiger partial charge on any atom is -0.380 e. The monoisotopic (exact) mass is 215 g/mol. The van der Waals surface area contributed by atoms with Gasteiger partial charge < -0.3 is 21.1 Å². The van der Waals surface area contributed by atoms with E-state index in [1.807, 2.05) is 0 Å². The summed E-state index contributed by atoms with van der Waals surface area (Å²) in [6, 6.07) is -0.410. The van der Waals surface area contributed by atoms with Gasteiger partial charge in [-0.15, -0.1) is 0 Å². The first-order valence-corrected chi connectivity index (χ1v) is 5.03. The van der Waals surface area contributed by atoms with Crippen LogP contribution in [0, 0.1) is 0 Å². The van der Waals surface area contributed by atoms with Crippen LogP contribution in [-0.4, -0.2) is 49.1 Å². The van der Waals surface area contributed by atoms with Crippen molar-refractivity contribution in [2.45, 2.75) is 18.9 Å². The molecule has 1 atom stereocenters. The molecule has 1 heterocycles. The van der Waals surface area contributed by atoms with Crippen molar-refractivity contribution in [2.75, 3.05) is 26.3 Å². The highest BCUT2D eigenvalue weighted by molar-refractivity contribution is 5.88. The summed E-state index contributed by atoms with van der Waals surface area (Å²) in [5, 5.41) is 0. The molecule has 0 bridgehead atoms. The highest BCUT2D eigenvalue weighted by Crippen LogP contribution is 2.17. The van der Waals surface area contributed by atoms with E-state index in [0.29, 0.717) is 32.7 Å². The molecule has 0 aromatic carbocycles. The fraction of sp³-hybridized carbons (Fsp3) is 0.778. The Morgan fingerprint density at radius 1 is 1.40 bits per heavy atom. The fourth-order valence-corrected chi connectivity index (χ4v) is 1.47. The molecule has 0 aliphatic carbocycles. The number of hydrogen-bond donors (Lipinski definition) is 2. The fourth-order valence-electron chi connectivity index (χ4n) is 1.47. The van der Waals surface area contributed by atoms with Crippen LogP contribution in [0.3, 0.4) is 0 Å². The van der Waals surface area contributed by atoms with Crippen molar-refractivity contribution < 1.29 is 14.3 Å². The Bertz CT molecular complexity index is 245. The maximum absolute atomic E-state index is 11.5. The molecule has 6 heteroatoms. The van der Waals surface area contributed by atoms with Crippen LogP contribution in [0.5, 0.6) is 0 Å². The maximum atomic E-state index is 11.5. The van der Waals surface area contributed by atoms with E-state index in [4.69, 9.17) is 16.2 Å². The number of nitrogens with zero attached hydrogens (tertiary/aromatic N) is 1. The Balaban J connectivity index is 2.20. The van der Waals surface area contributed by atoms with E-state index in [9.17, 15) is 9.59 Å². The van der Waals surface area contributed by atoms with Gasteiger partial charge in [0.1, 0.15) is 6.04 Å². The van der Waals surface area contributed by atoms with E-state index in [2.05, 4.69) is 0 Å². The van der Waals surface area contributed by atoms with Crippen molar-refractivity contribution in [3.8, 4) is 0 Å². The quantitative estimate of drug-likeness (QED) is 0.523. The molecule has 1 aliphatic heterocycles. The lowest BCUT2D eigenvalue weighted by molar-refractivity contribution is -0.146. The van der Waals surface area contributed by atoms with Gasteiger partial charge in [-0.05, 0) is 6.42 Å². The largest absolute Gasteiger partial charge is 0.380 e. The van der Waals surface area contributed by atoms with E-state index >= 15 is 0 Å². The number of ether oxygens (including phenoxy) is 1. The molecule has 0 radical (unpaired) electrons. The van der Waals surface area contributed by atoms with Gasteiger partial charge in [0.25, 0.3) is 0 Å². The molecule has 0 saturated carbocycles. The van der Waals surface area contributed by atoms with Gasteiger partial charge in [0.15, 0.2) is 0 Å².